The Bertz CT molecular complexity index is 266. The van der Waals surface area contributed by atoms with Crippen molar-refractivity contribution in [1.29, 1.82) is 0 Å². The minimum atomic E-state index is -0.135. The van der Waals surface area contributed by atoms with Gasteiger partial charge in [0.25, 0.3) is 0 Å². The third-order valence-corrected chi connectivity index (χ3v) is 2.50. The van der Waals surface area contributed by atoms with Crippen molar-refractivity contribution in [2.75, 3.05) is 6.61 Å². The molecule has 0 fully saturated rings. The first-order chi connectivity index (χ1) is 7.24. The minimum absolute atomic E-state index is 0.135. The van der Waals surface area contributed by atoms with Crippen molar-refractivity contribution in [3.63, 3.8) is 0 Å². The van der Waals surface area contributed by atoms with Gasteiger partial charge in [0.1, 0.15) is 0 Å². The summed E-state index contributed by atoms with van der Waals surface area (Å²) in [6, 6.07) is 0. The quantitative estimate of drug-likeness (QED) is 0.499. The molecule has 3 heteroatoms. The zero-order chi connectivity index (χ0) is 11.1. The highest BCUT2D eigenvalue weighted by atomic mass is 16.5. The molecule has 0 aromatic carbocycles. The van der Waals surface area contributed by atoms with Crippen LogP contribution < -0.4 is 0 Å². The smallest absolute Gasteiger partial charge is 0.305 e. The summed E-state index contributed by atoms with van der Waals surface area (Å²) >= 11 is 0. The monoisotopic (exact) mass is 210 g/mol. The summed E-state index contributed by atoms with van der Waals surface area (Å²) in [6.45, 7) is 2.25. The van der Waals surface area contributed by atoms with E-state index in [1.165, 1.54) is 0 Å². The molecule has 0 saturated heterocycles. The summed E-state index contributed by atoms with van der Waals surface area (Å²) < 4.78 is 4.81. The predicted octanol–water partition coefficient (Wildman–Crippen LogP) is 2.40. The van der Waals surface area contributed by atoms with E-state index in [0.29, 0.717) is 19.4 Å². The maximum Gasteiger partial charge on any atom is 0.305 e. The van der Waals surface area contributed by atoms with Crippen LogP contribution >= 0.6 is 0 Å². The Morgan fingerprint density at radius 3 is 2.87 bits per heavy atom. The Balaban J connectivity index is 2.06. The summed E-state index contributed by atoms with van der Waals surface area (Å²) in [6.07, 6.45) is 6.58. The first kappa shape index (κ1) is 12.0. The van der Waals surface area contributed by atoms with Gasteiger partial charge in [0.2, 0.25) is 0 Å². The second kappa shape index (κ2) is 6.38. The lowest BCUT2D eigenvalue weighted by Gasteiger charge is -2.02. The molecule has 0 bridgehead atoms. The van der Waals surface area contributed by atoms with Gasteiger partial charge in [0, 0.05) is 12.8 Å². The topological polar surface area (TPSA) is 43.4 Å². The van der Waals surface area contributed by atoms with Crippen molar-refractivity contribution in [1.82, 2.24) is 0 Å². The molecule has 0 aromatic rings. The number of carbonyl (C=O) groups is 2. The Labute approximate surface area is 90.5 Å². The molecule has 0 aliphatic heterocycles. The second-order valence-corrected chi connectivity index (χ2v) is 3.70. The van der Waals surface area contributed by atoms with E-state index < -0.39 is 0 Å². The number of ether oxygens (including phenoxy) is 1. The number of esters is 1. The second-order valence-electron chi connectivity index (χ2n) is 3.70. The molecule has 3 nitrogen and oxygen atoms in total. The predicted molar refractivity (Wildman–Crippen MR) is 57.4 cm³/mol. The zero-order valence-electron chi connectivity index (χ0n) is 9.25. The van der Waals surface area contributed by atoms with Crippen LogP contribution in [0.2, 0.25) is 0 Å². The average Bonchev–Trinajstić information content (AvgIpc) is 2.60. The van der Waals surface area contributed by atoms with Crippen LogP contribution in [-0.4, -0.2) is 18.4 Å². The number of rotatable bonds is 6. The lowest BCUT2D eigenvalue weighted by Crippen LogP contribution is -2.03. The van der Waals surface area contributed by atoms with Gasteiger partial charge in [-0.3, -0.25) is 9.59 Å². The van der Waals surface area contributed by atoms with E-state index in [1.807, 2.05) is 6.08 Å². The van der Waals surface area contributed by atoms with Crippen LogP contribution in [0.3, 0.4) is 0 Å². The van der Waals surface area contributed by atoms with E-state index >= 15 is 0 Å². The van der Waals surface area contributed by atoms with E-state index in [-0.39, 0.29) is 11.8 Å². The van der Waals surface area contributed by atoms with Crippen LogP contribution in [0.25, 0.3) is 0 Å². The van der Waals surface area contributed by atoms with Crippen molar-refractivity contribution >= 4 is 11.8 Å². The van der Waals surface area contributed by atoms with Crippen LogP contribution in [-0.2, 0) is 14.3 Å². The Hall–Kier alpha value is -1.12. The highest BCUT2D eigenvalue weighted by molar-refractivity contribution is 5.97. The minimum Gasteiger partial charge on any atom is -0.466 e. The van der Waals surface area contributed by atoms with Gasteiger partial charge in [0.05, 0.1) is 6.61 Å². The highest BCUT2D eigenvalue weighted by Gasteiger charge is 2.14. The molecule has 0 aromatic heterocycles. The van der Waals surface area contributed by atoms with Gasteiger partial charge in [-0.05, 0) is 38.2 Å². The highest BCUT2D eigenvalue weighted by Crippen LogP contribution is 2.19. The van der Waals surface area contributed by atoms with Crippen LogP contribution in [0, 0.1) is 0 Å². The largest absolute Gasteiger partial charge is 0.466 e. The maximum absolute atomic E-state index is 11.2. The standard InChI is InChI=1S/C12H18O3/c1-2-15-12(14)9-4-3-6-10-7-5-8-11(10)13/h7H,2-6,8-9H2,1H3. The van der Waals surface area contributed by atoms with Gasteiger partial charge < -0.3 is 4.74 Å². The van der Waals surface area contributed by atoms with Crippen LogP contribution in [0.4, 0.5) is 0 Å². The summed E-state index contributed by atoms with van der Waals surface area (Å²) in [4.78, 5) is 22.2. The van der Waals surface area contributed by atoms with Crippen LogP contribution in [0.15, 0.2) is 11.6 Å². The Kier molecular flexibility index (Phi) is 5.08. The number of Topliss-reactive ketones (excluding diaryl/α,β-unsaturated/α-hetero) is 1. The van der Waals surface area contributed by atoms with Crippen molar-refractivity contribution < 1.29 is 14.3 Å². The molecule has 15 heavy (non-hydrogen) atoms. The molecule has 0 N–H and O–H groups in total. The number of unbranched alkanes of at least 4 members (excludes halogenated alkanes) is 1. The summed E-state index contributed by atoms with van der Waals surface area (Å²) in [5.41, 5.74) is 0.957. The van der Waals surface area contributed by atoms with E-state index in [9.17, 15) is 9.59 Å². The van der Waals surface area contributed by atoms with Crippen molar-refractivity contribution in [3.05, 3.63) is 11.6 Å². The van der Waals surface area contributed by atoms with Gasteiger partial charge in [-0.1, -0.05) is 6.08 Å². The van der Waals surface area contributed by atoms with Gasteiger partial charge in [0.15, 0.2) is 5.78 Å². The molecule has 1 aliphatic carbocycles. The first-order valence-electron chi connectivity index (χ1n) is 5.62. The van der Waals surface area contributed by atoms with Crippen LogP contribution in [0.5, 0.6) is 0 Å². The molecular weight excluding hydrogens is 192 g/mol. The van der Waals surface area contributed by atoms with Gasteiger partial charge in [-0.15, -0.1) is 0 Å². The fraction of sp³-hybridized carbons (Fsp3) is 0.667. The fourth-order valence-electron chi connectivity index (χ4n) is 1.71. The Morgan fingerprint density at radius 2 is 2.27 bits per heavy atom. The van der Waals surface area contributed by atoms with E-state index in [1.54, 1.807) is 6.92 Å². The zero-order valence-corrected chi connectivity index (χ0v) is 9.25. The molecule has 84 valence electrons. The Morgan fingerprint density at radius 1 is 1.47 bits per heavy atom. The summed E-state index contributed by atoms with van der Waals surface area (Å²) in [5, 5.41) is 0. The number of ketones is 1. The molecule has 0 heterocycles. The lowest BCUT2D eigenvalue weighted by molar-refractivity contribution is -0.143. The normalized spacial score (nSPS) is 15.3. The van der Waals surface area contributed by atoms with E-state index in [2.05, 4.69) is 0 Å². The SMILES string of the molecule is CCOC(=O)CCCCC1=CCCC1=O. The molecule has 0 amide bonds. The van der Waals surface area contributed by atoms with Crippen LogP contribution in [0.1, 0.15) is 45.4 Å². The molecule has 0 radical (unpaired) electrons. The number of hydrogen-bond donors (Lipinski definition) is 0. The summed E-state index contributed by atoms with van der Waals surface area (Å²) in [7, 11) is 0. The molecule has 1 rings (SSSR count). The van der Waals surface area contributed by atoms with Gasteiger partial charge >= 0.3 is 5.97 Å². The van der Waals surface area contributed by atoms with Crippen molar-refractivity contribution in [2.45, 2.75) is 45.4 Å². The van der Waals surface area contributed by atoms with Crippen molar-refractivity contribution in [2.24, 2.45) is 0 Å². The molecule has 1 aliphatic rings. The molecule has 0 spiro atoms. The third-order valence-electron chi connectivity index (χ3n) is 2.50. The lowest BCUT2D eigenvalue weighted by atomic mass is 10.1. The van der Waals surface area contributed by atoms with E-state index in [4.69, 9.17) is 4.74 Å². The van der Waals surface area contributed by atoms with E-state index in [0.717, 1.165) is 31.3 Å². The maximum atomic E-state index is 11.2. The molecule has 0 unspecified atom stereocenters. The average molecular weight is 210 g/mol. The molecular formula is C12H18O3. The van der Waals surface area contributed by atoms with Crippen molar-refractivity contribution in [3.8, 4) is 0 Å². The number of hydrogen-bond acceptors (Lipinski definition) is 3. The third kappa shape index (κ3) is 4.28. The van der Waals surface area contributed by atoms with Gasteiger partial charge in [-0.25, -0.2) is 0 Å². The number of carbonyl (C=O) groups excluding carboxylic acids is 2. The number of allylic oxidation sites excluding steroid dienone is 2. The first-order valence-corrected chi connectivity index (χ1v) is 5.62. The molecule has 0 saturated carbocycles. The van der Waals surface area contributed by atoms with Gasteiger partial charge in [-0.2, -0.15) is 0 Å². The fourth-order valence-corrected chi connectivity index (χ4v) is 1.71. The summed E-state index contributed by atoms with van der Waals surface area (Å²) in [5.74, 6) is 0.148. The molecule has 0 atom stereocenters.